The van der Waals surface area contributed by atoms with E-state index in [0.717, 1.165) is 18.5 Å². The number of halogens is 2. The summed E-state index contributed by atoms with van der Waals surface area (Å²) in [7, 11) is -3.60. The van der Waals surface area contributed by atoms with Gasteiger partial charge < -0.3 is 5.32 Å². The highest BCUT2D eigenvalue weighted by Gasteiger charge is 2.28. The van der Waals surface area contributed by atoms with Crippen molar-refractivity contribution in [2.24, 2.45) is 0 Å². The van der Waals surface area contributed by atoms with Crippen LogP contribution in [0.3, 0.4) is 0 Å². The molecule has 8 nitrogen and oxygen atoms in total. The zero-order valence-electron chi connectivity index (χ0n) is 20.0. The zero-order valence-corrected chi connectivity index (χ0v) is 23.2. The number of aromatic nitrogens is 3. The van der Waals surface area contributed by atoms with E-state index < -0.39 is 10.0 Å². The molecule has 0 bridgehead atoms. The molecule has 2 heterocycles. The highest BCUT2D eigenvalue weighted by atomic mass is 35.5. The summed E-state index contributed by atoms with van der Waals surface area (Å²) in [5.74, 6) is 0.217. The minimum absolute atomic E-state index is 0.0389. The number of hydrogen-bond acceptors (Lipinski definition) is 6. The number of anilines is 1. The third kappa shape index (κ3) is 5.74. The number of sulfonamides is 1. The number of nitrogens with one attached hydrogen (secondary N) is 1. The molecule has 1 aliphatic heterocycles. The quantitative estimate of drug-likeness (QED) is 0.263. The summed E-state index contributed by atoms with van der Waals surface area (Å²) in [6.07, 6.45) is 1.72. The van der Waals surface area contributed by atoms with Gasteiger partial charge in [0, 0.05) is 29.4 Å². The van der Waals surface area contributed by atoms with Crippen LogP contribution in [0.15, 0.2) is 82.8 Å². The van der Waals surface area contributed by atoms with Gasteiger partial charge in [0.25, 0.3) is 0 Å². The molecule has 1 aromatic heterocycles. The van der Waals surface area contributed by atoms with Gasteiger partial charge >= 0.3 is 0 Å². The Hall–Kier alpha value is -2.89. The third-order valence-electron chi connectivity index (χ3n) is 5.98. The van der Waals surface area contributed by atoms with Crippen molar-refractivity contribution >= 4 is 56.6 Å². The first kappa shape index (κ1) is 26.7. The molecule has 3 aromatic carbocycles. The van der Waals surface area contributed by atoms with Crippen LogP contribution in [0.25, 0.3) is 17.1 Å². The molecule has 196 valence electrons. The maximum Gasteiger partial charge on any atom is 0.243 e. The lowest BCUT2D eigenvalue weighted by molar-refractivity contribution is -0.113. The van der Waals surface area contributed by atoms with E-state index in [1.807, 2.05) is 34.9 Å². The maximum atomic E-state index is 13.2. The summed E-state index contributed by atoms with van der Waals surface area (Å²) in [4.78, 5) is 12.9. The normalized spacial score (nSPS) is 14.1. The molecular weight excluding hydrogens is 565 g/mol. The molecule has 1 fully saturated rings. The topological polar surface area (TPSA) is 97.2 Å². The van der Waals surface area contributed by atoms with Gasteiger partial charge in [0.15, 0.2) is 11.0 Å². The van der Waals surface area contributed by atoms with Crippen molar-refractivity contribution in [3.8, 4) is 17.1 Å². The van der Waals surface area contributed by atoms with Crippen LogP contribution in [0.2, 0.25) is 10.0 Å². The fraction of sp³-hybridized carbons (Fsp3) is 0.192. The molecule has 1 amide bonds. The maximum absolute atomic E-state index is 13.2. The van der Waals surface area contributed by atoms with Crippen molar-refractivity contribution in [2.75, 3.05) is 24.2 Å². The van der Waals surface area contributed by atoms with Crippen LogP contribution in [-0.4, -0.2) is 52.2 Å². The number of benzene rings is 3. The first-order valence-corrected chi connectivity index (χ1v) is 15.0. The van der Waals surface area contributed by atoms with Gasteiger partial charge in [-0.25, -0.2) is 8.42 Å². The second-order valence-corrected chi connectivity index (χ2v) is 12.3. The van der Waals surface area contributed by atoms with Gasteiger partial charge in [-0.05, 0) is 55.3 Å². The minimum Gasteiger partial charge on any atom is -0.324 e. The van der Waals surface area contributed by atoms with E-state index in [4.69, 9.17) is 23.2 Å². The van der Waals surface area contributed by atoms with Crippen LogP contribution in [0.5, 0.6) is 0 Å². The Morgan fingerprint density at radius 1 is 0.947 bits per heavy atom. The molecule has 0 unspecified atom stereocenters. The first-order chi connectivity index (χ1) is 18.3. The predicted octanol–water partition coefficient (Wildman–Crippen LogP) is 5.76. The van der Waals surface area contributed by atoms with Crippen LogP contribution in [0, 0.1) is 0 Å². The Labute approximate surface area is 235 Å². The Balaban J connectivity index is 1.44. The molecule has 38 heavy (non-hydrogen) atoms. The molecule has 0 aliphatic carbocycles. The molecule has 5 rings (SSSR count). The number of nitrogens with zero attached hydrogens (tertiary/aromatic N) is 4. The summed E-state index contributed by atoms with van der Waals surface area (Å²) < 4.78 is 29.7. The van der Waals surface area contributed by atoms with Gasteiger partial charge in [0.2, 0.25) is 15.9 Å². The number of para-hydroxylation sites is 1. The SMILES string of the molecule is O=C(CSc1nnc(-c2cccc(S(=O)(=O)N3CCCC3)c2)n1-c1ccccc1)Nc1cc(Cl)ccc1Cl. The lowest BCUT2D eigenvalue weighted by atomic mass is 10.2. The second-order valence-electron chi connectivity index (χ2n) is 8.58. The zero-order chi connectivity index (χ0) is 26.7. The lowest BCUT2D eigenvalue weighted by Crippen LogP contribution is -2.27. The molecule has 4 aromatic rings. The number of carbonyl (C=O) groups is 1. The third-order valence-corrected chi connectivity index (χ3v) is 9.37. The summed E-state index contributed by atoms with van der Waals surface area (Å²) >= 11 is 13.4. The van der Waals surface area contributed by atoms with E-state index in [9.17, 15) is 13.2 Å². The Morgan fingerprint density at radius 3 is 2.47 bits per heavy atom. The first-order valence-electron chi connectivity index (χ1n) is 11.8. The number of carbonyl (C=O) groups excluding carboxylic acids is 1. The van der Waals surface area contributed by atoms with Crippen molar-refractivity contribution in [2.45, 2.75) is 22.9 Å². The Kier molecular flexibility index (Phi) is 8.06. The van der Waals surface area contributed by atoms with Crippen LogP contribution in [0.1, 0.15) is 12.8 Å². The summed E-state index contributed by atoms with van der Waals surface area (Å²) in [6.45, 7) is 1.05. The van der Waals surface area contributed by atoms with E-state index in [0.29, 0.717) is 45.4 Å². The Morgan fingerprint density at radius 2 is 1.71 bits per heavy atom. The highest BCUT2D eigenvalue weighted by Crippen LogP contribution is 2.31. The molecule has 12 heteroatoms. The standard InChI is InChI=1S/C26H23Cl2N5O3S2/c27-19-11-12-22(28)23(16-19)29-24(34)17-37-26-31-30-25(33(26)20-8-2-1-3-9-20)18-7-6-10-21(15-18)38(35,36)32-13-4-5-14-32/h1-3,6-12,15-16H,4-5,13-14,17H2,(H,29,34). The minimum atomic E-state index is -3.60. The van der Waals surface area contributed by atoms with E-state index in [2.05, 4.69) is 15.5 Å². The average molecular weight is 589 g/mol. The molecule has 0 radical (unpaired) electrons. The number of amides is 1. The van der Waals surface area contributed by atoms with Crippen molar-refractivity contribution in [1.29, 1.82) is 0 Å². The number of hydrogen-bond donors (Lipinski definition) is 1. The van der Waals surface area contributed by atoms with Crippen molar-refractivity contribution in [3.05, 3.63) is 82.8 Å². The molecule has 1 N–H and O–H groups in total. The van der Waals surface area contributed by atoms with E-state index in [1.54, 1.807) is 42.5 Å². The largest absolute Gasteiger partial charge is 0.324 e. The number of thioether (sulfide) groups is 1. The van der Waals surface area contributed by atoms with Crippen LogP contribution in [0.4, 0.5) is 5.69 Å². The van der Waals surface area contributed by atoms with Gasteiger partial charge in [-0.3, -0.25) is 9.36 Å². The van der Waals surface area contributed by atoms with Crippen molar-refractivity contribution < 1.29 is 13.2 Å². The molecule has 1 aliphatic rings. The van der Waals surface area contributed by atoms with Gasteiger partial charge in [-0.2, -0.15) is 4.31 Å². The lowest BCUT2D eigenvalue weighted by Gasteiger charge is -2.16. The van der Waals surface area contributed by atoms with Crippen LogP contribution in [-0.2, 0) is 14.8 Å². The van der Waals surface area contributed by atoms with Crippen LogP contribution >= 0.6 is 35.0 Å². The monoisotopic (exact) mass is 587 g/mol. The molecule has 0 atom stereocenters. The van der Waals surface area contributed by atoms with E-state index in [1.165, 1.54) is 16.1 Å². The fourth-order valence-corrected chi connectivity index (χ4v) is 6.80. The molecule has 0 spiro atoms. The summed E-state index contributed by atoms with van der Waals surface area (Å²) in [6, 6.07) is 21.0. The van der Waals surface area contributed by atoms with Gasteiger partial charge in [0.05, 0.1) is 21.4 Å². The average Bonchev–Trinajstić information content (AvgIpc) is 3.61. The number of rotatable bonds is 8. The second kappa shape index (κ2) is 11.5. The molecule has 0 saturated carbocycles. The predicted molar refractivity (Wildman–Crippen MR) is 151 cm³/mol. The smallest absolute Gasteiger partial charge is 0.243 e. The van der Waals surface area contributed by atoms with E-state index >= 15 is 0 Å². The molecular formula is C26H23Cl2N5O3S2. The Bertz CT molecular complexity index is 1570. The fourth-order valence-electron chi connectivity index (χ4n) is 4.14. The van der Waals surface area contributed by atoms with Gasteiger partial charge in [0.1, 0.15) is 0 Å². The van der Waals surface area contributed by atoms with Crippen LogP contribution < -0.4 is 5.32 Å². The summed E-state index contributed by atoms with van der Waals surface area (Å²) in [5, 5.41) is 12.8. The van der Waals surface area contributed by atoms with Crippen molar-refractivity contribution in [3.63, 3.8) is 0 Å². The summed E-state index contributed by atoms with van der Waals surface area (Å²) in [5.41, 5.74) is 1.80. The van der Waals surface area contributed by atoms with Gasteiger partial charge in [-0.1, -0.05) is 65.3 Å². The van der Waals surface area contributed by atoms with E-state index in [-0.39, 0.29) is 16.6 Å². The molecule has 1 saturated heterocycles. The van der Waals surface area contributed by atoms with Gasteiger partial charge in [-0.15, -0.1) is 10.2 Å². The highest BCUT2D eigenvalue weighted by molar-refractivity contribution is 7.99. The van der Waals surface area contributed by atoms with Crippen molar-refractivity contribution in [1.82, 2.24) is 19.1 Å².